The second kappa shape index (κ2) is 10.6. The standard InChI is InChI=1S/C32H44O7/c1-19(10-9-15-29(4,5)38)11-12-22(34)20(2)27-23(35)18-25-30(6)17-14-26(39-21(3)33)32(8,28(36)37)24(30)13-16-31(25,27)7/h9-12,15,24-26,38H,13-14,16-18H2,1-8H3,(H,36,37)/b12-11+,15-9+,19-10+,27-20+/t24-,25-,26+,30-,31-,32+/m0/s1. The van der Waals surface area contributed by atoms with Gasteiger partial charge in [0.25, 0.3) is 0 Å². The molecule has 0 amide bonds. The fraction of sp³-hybridized carbons (Fsp3) is 0.625. The number of hydrogen-bond donors (Lipinski definition) is 2. The molecule has 2 N–H and O–H groups in total. The number of carboxylic acids is 1. The lowest BCUT2D eigenvalue weighted by molar-refractivity contribution is -0.204. The number of Topliss-reactive ketones (excluding diaryl/α,β-unsaturated/α-hetero) is 1. The van der Waals surface area contributed by atoms with E-state index in [1.165, 1.54) is 13.0 Å². The number of allylic oxidation sites excluding steroid dienone is 7. The number of esters is 1. The number of fused-ring (bicyclic) bond motifs is 3. The molecule has 3 aliphatic rings. The summed E-state index contributed by atoms with van der Waals surface area (Å²) in [5.74, 6) is -2.11. The molecule has 0 aromatic carbocycles. The fourth-order valence-corrected chi connectivity index (χ4v) is 7.83. The number of aliphatic hydroxyl groups is 1. The molecule has 0 radical (unpaired) electrons. The Hall–Kier alpha value is -2.80. The number of hydrogen-bond acceptors (Lipinski definition) is 6. The van der Waals surface area contributed by atoms with E-state index in [4.69, 9.17) is 4.74 Å². The summed E-state index contributed by atoms with van der Waals surface area (Å²) in [5, 5.41) is 20.2. The first-order valence-corrected chi connectivity index (χ1v) is 13.8. The van der Waals surface area contributed by atoms with Crippen LogP contribution in [0.1, 0.15) is 87.5 Å². The maximum absolute atomic E-state index is 13.5. The Morgan fingerprint density at radius 1 is 1.00 bits per heavy atom. The molecule has 6 atom stereocenters. The number of ether oxygens (including phenoxy) is 1. The van der Waals surface area contributed by atoms with Gasteiger partial charge in [0.1, 0.15) is 11.5 Å². The Morgan fingerprint density at radius 2 is 1.64 bits per heavy atom. The highest BCUT2D eigenvalue weighted by atomic mass is 16.5. The first-order chi connectivity index (χ1) is 17.9. The Labute approximate surface area is 232 Å². The van der Waals surface area contributed by atoms with Crippen LogP contribution >= 0.6 is 0 Å². The van der Waals surface area contributed by atoms with Gasteiger partial charge in [0.15, 0.2) is 11.6 Å². The van der Waals surface area contributed by atoms with E-state index in [-0.39, 0.29) is 29.8 Å². The van der Waals surface area contributed by atoms with Crippen molar-refractivity contribution in [2.75, 3.05) is 0 Å². The van der Waals surface area contributed by atoms with Crippen molar-refractivity contribution in [2.24, 2.45) is 28.1 Å². The van der Waals surface area contributed by atoms with Crippen LogP contribution in [-0.4, -0.2) is 45.4 Å². The third-order valence-electron chi connectivity index (χ3n) is 9.77. The van der Waals surface area contributed by atoms with Gasteiger partial charge in [0, 0.05) is 29.9 Å². The predicted octanol–water partition coefficient (Wildman–Crippen LogP) is 5.53. The Kier molecular flexibility index (Phi) is 8.39. The van der Waals surface area contributed by atoms with E-state index in [0.29, 0.717) is 36.8 Å². The van der Waals surface area contributed by atoms with Crippen molar-refractivity contribution in [3.05, 3.63) is 47.1 Å². The first-order valence-electron chi connectivity index (χ1n) is 13.8. The smallest absolute Gasteiger partial charge is 0.313 e. The van der Waals surface area contributed by atoms with Crippen molar-refractivity contribution in [2.45, 2.75) is 99.2 Å². The van der Waals surface area contributed by atoms with Crippen LogP contribution in [0, 0.1) is 28.1 Å². The zero-order valence-electron chi connectivity index (χ0n) is 24.6. The van der Waals surface area contributed by atoms with Crippen LogP contribution in [0.5, 0.6) is 0 Å². The fourth-order valence-electron chi connectivity index (χ4n) is 7.83. The number of carbonyl (C=O) groups is 4. The van der Waals surface area contributed by atoms with Crippen molar-refractivity contribution in [1.82, 2.24) is 0 Å². The third-order valence-corrected chi connectivity index (χ3v) is 9.77. The van der Waals surface area contributed by atoms with E-state index in [1.54, 1.807) is 52.0 Å². The average molecular weight is 541 g/mol. The molecular formula is C32H44O7. The summed E-state index contributed by atoms with van der Waals surface area (Å²) in [5.41, 5.74) is -1.34. The number of carboxylic acid groups (broad SMARTS) is 1. The van der Waals surface area contributed by atoms with E-state index in [9.17, 15) is 29.4 Å². The zero-order valence-corrected chi connectivity index (χ0v) is 24.6. The van der Waals surface area contributed by atoms with Crippen molar-refractivity contribution in [3.63, 3.8) is 0 Å². The summed E-state index contributed by atoms with van der Waals surface area (Å²) in [7, 11) is 0. The lowest BCUT2D eigenvalue weighted by atomic mass is 9.42. The summed E-state index contributed by atoms with van der Waals surface area (Å²) in [6.07, 6.45) is 10.2. The van der Waals surface area contributed by atoms with Gasteiger partial charge in [0.2, 0.25) is 0 Å². The van der Waals surface area contributed by atoms with Gasteiger partial charge in [-0.25, -0.2) is 0 Å². The van der Waals surface area contributed by atoms with Crippen molar-refractivity contribution < 1.29 is 34.1 Å². The molecule has 0 aromatic rings. The third kappa shape index (κ3) is 5.60. The quantitative estimate of drug-likeness (QED) is 0.248. The monoisotopic (exact) mass is 540 g/mol. The summed E-state index contributed by atoms with van der Waals surface area (Å²) in [4.78, 5) is 51.2. The molecule has 0 aromatic heterocycles. The van der Waals surface area contributed by atoms with Gasteiger partial charge in [-0.3, -0.25) is 19.2 Å². The van der Waals surface area contributed by atoms with Crippen LogP contribution in [0.2, 0.25) is 0 Å². The van der Waals surface area contributed by atoms with Crippen molar-refractivity contribution in [1.29, 1.82) is 0 Å². The molecule has 0 saturated heterocycles. The van der Waals surface area contributed by atoms with Crippen LogP contribution in [0.3, 0.4) is 0 Å². The Bertz CT molecular complexity index is 1180. The van der Waals surface area contributed by atoms with E-state index >= 15 is 0 Å². The zero-order chi connectivity index (χ0) is 29.6. The van der Waals surface area contributed by atoms with E-state index in [2.05, 4.69) is 13.8 Å². The molecule has 3 saturated carbocycles. The SMILES string of the molecule is CC(=O)O[C@@H]1CC[C@@]2(C)[C@H](CC[C@]3(C)/C(=C(\C)C(=O)/C=C/C(C)=C/C=C/C(C)(C)O)C(=O)C[C@@H]23)[C@@]1(C)C(=O)O. The molecule has 7 nitrogen and oxygen atoms in total. The molecule has 7 heteroatoms. The Balaban J connectivity index is 1.94. The van der Waals surface area contributed by atoms with Gasteiger partial charge in [-0.2, -0.15) is 0 Å². The van der Waals surface area contributed by atoms with Crippen LogP contribution in [0.4, 0.5) is 0 Å². The molecule has 3 aliphatic carbocycles. The molecule has 214 valence electrons. The summed E-state index contributed by atoms with van der Waals surface area (Å²) in [6, 6.07) is 0. The molecular weight excluding hydrogens is 496 g/mol. The predicted molar refractivity (Wildman–Crippen MR) is 149 cm³/mol. The van der Waals surface area contributed by atoms with E-state index in [1.807, 2.05) is 6.92 Å². The summed E-state index contributed by atoms with van der Waals surface area (Å²) in [6.45, 7) is 14.1. The Morgan fingerprint density at radius 3 is 2.21 bits per heavy atom. The molecule has 0 aliphatic heterocycles. The van der Waals surface area contributed by atoms with Gasteiger partial charge < -0.3 is 14.9 Å². The average Bonchev–Trinajstić information content (AvgIpc) is 3.09. The summed E-state index contributed by atoms with van der Waals surface area (Å²) >= 11 is 0. The highest BCUT2D eigenvalue weighted by Crippen LogP contribution is 2.69. The largest absolute Gasteiger partial charge is 0.481 e. The molecule has 0 heterocycles. The van der Waals surface area contributed by atoms with Crippen molar-refractivity contribution in [3.8, 4) is 0 Å². The normalized spacial score (nSPS) is 36.6. The maximum Gasteiger partial charge on any atom is 0.313 e. The van der Waals surface area contributed by atoms with Crippen LogP contribution in [-0.2, 0) is 23.9 Å². The summed E-state index contributed by atoms with van der Waals surface area (Å²) < 4.78 is 5.53. The lowest BCUT2D eigenvalue weighted by Gasteiger charge is -2.61. The van der Waals surface area contributed by atoms with Gasteiger partial charge in [0.05, 0.1) is 5.60 Å². The molecule has 0 unspecified atom stereocenters. The van der Waals surface area contributed by atoms with E-state index < -0.39 is 39.9 Å². The highest BCUT2D eigenvalue weighted by molar-refractivity contribution is 6.12. The van der Waals surface area contributed by atoms with Gasteiger partial charge in [-0.05, 0) is 83.6 Å². The van der Waals surface area contributed by atoms with Crippen LogP contribution < -0.4 is 0 Å². The number of rotatable bonds is 7. The van der Waals surface area contributed by atoms with Crippen molar-refractivity contribution >= 4 is 23.5 Å². The van der Waals surface area contributed by atoms with E-state index in [0.717, 1.165) is 5.57 Å². The topological polar surface area (TPSA) is 118 Å². The van der Waals surface area contributed by atoms with Crippen LogP contribution in [0.25, 0.3) is 0 Å². The number of aliphatic carboxylic acids is 1. The highest BCUT2D eigenvalue weighted by Gasteiger charge is 2.68. The molecule has 0 bridgehead atoms. The minimum absolute atomic E-state index is 0.0388. The van der Waals surface area contributed by atoms with Gasteiger partial charge in [-0.1, -0.05) is 43.7 Å². The number of ketones is 2. The maximum atomic E-state index is 13.5. The second-order valence-corrected chi connectivity index (χ2v) is 13.0. The first kappa shape index (κ1) is 30.7. The van der Waals surface area contributed by atoms with Gasteiger partial charge in [-0.15, -0.1) is 0 Å². The molecule has 3 rings (SSSR count). The lowest BCUT2D eigenvalue weighted by Crippen LogP contribution is -2.61. The minimum Gasteiger partial charge on any atom is -0.481 e. The number of carbonyl (C=O) groups excluding carboxylic acids is 3. The minimum atomic E-state index is -1.26. The molecule has 39 heavy (non-hydrogen) atoms. The van der Waals surface area contributed by atoms with Crippen LogP contribution in [0.15, 0.2) is 47.1 Å². The second-order valence-electron chi connectivity index (χ2n) is 13.0. The molecule has 0 spiro atoms. The van der Waals surface area contributed by atoms with Gasteiger partial charge >= 0.3 is 11.9 Å². The molecule has 3 fully saturated rings.